The van der Waals surface area contributed by atoms with E-state index in [0.29, 0.717) is 10.0 Å². The molecule has 3 N–H and O–H groups in total. The molecule has 90 valence electrons. The first-order valence-corrected chi connectivity index (χ1v) is 6.87. The SMILES string of the molecule is NS(=O)(=O)c1cc(-c2nn[nH]n2)c(Br)cc1Cl. The number of sulfonamides is 1. The minimum Gasteiger partial charge on any atom is -0.225 e. The molecule has 10 heteroatoms. The van der Waals surface area contributed by atoms with Gasteiger partial charge in [0.1, 0.15) is 4.90 Å². The molecular formula is C7H5BrClN5O2S. The van der Waals surface area contributed by atoms with Crippen molar-refractivity contribution in [1.82, 2.24) is 20.6 Å². The Morgan fingerprint density at radius 1 is 1.41 bits per heavy atom. The minimum absolute atomic E-state index is 0.0200. The van der Waals surface area contributed by atoms with E-state index in [2.05, 4.69) is 36.6 Å². The van der Waals surface area contributed by atoms with Gasteiger partial charge < -0.3 is 0 Å². The third kappa shape index (κ3) is 2.46. The van der Waals surface area contributed by atoms with Crippen LogP contribution in [0.4, 0.5) is 0 Å². The van der Waals surface area contributed by atoms with Gasteiger partial charge in [0.05, 0.1) is 5.02 Å². The van der Waals surface area contributed by atoms with Crippen molar-refractivity contribution < 1.29 is 8.42 Å². The third-order valence-corrected chi connectivity index (χ3v) is 3.95. The number of aromatic nitrogens is 4. The number of aromatic amines is 1. The maximum absolute atomic E-state index is 11.3. The molecule has 1 heterocycles. The maximum atomic E-state index is 11.3. The number of nitrogens with one attached hydrogen (secondary N) is 1. The summed E-state index contributed by atoms with van der Waals surface area (Å²) < 4.78 is 23.1. The first-order valence-electron chi connectivity index (χ1n) is 4.15. The number of halogens is 2. The number of benzene rings is 1. The Bertz CT molecular complexity index is 657. The lowest BCUT2D eigenvalue weighted by atomic mass is 10.2. The highest BCUT2D eigenvalue weighted by molar-refractivity contribution is 9.10. The van der Waals surface area contributed by atoms with Gasteiger partial charge >= 0.3 is 0 Å². The van der Waals surface area contributed by atoms with Gasteiger partial charge in [0.15, 0.2) is 0 Å². The summed E-state index contributed by atoms with van der Waals surface area (Å²) in [5.41, 5.74) is 0.423. The highest BCUT2D eigenvalue weighted by atomic mass is 79.9. The smallest absolute Gasteiger partial charge is 0.225 e. The quantitative estimate of drug-likeness (QED) is 0.845. The van der Waals surface area contributed by atoms with Crippen molar-refractivity contribution in [3.8, 4) is 11.4 Å². The van der Waals surface area contributed by atoms with Crippen LogP contribution in [-0.2, 0) is 10.0 Å². The topological polar surface area (TPSA) is 115 Å². The highest BCUT2D eigenvalue weighted by Crippen LogP contribution is 2.32. The van der Waals surface area contributed by atoms with Gasteiger partial charge in [-0.25, -0.2) is 13.6 Å². The number of tetrazole rings is 1. The Balaban J connectivity index is 2.71. The zero-order valence-corrected chi connectivity index (χ0v) is 11.2. The molecule has 1 aromatic heterocycles. The molecule has 17 heavy (non-hydrogen) atoms. The van der Waals surface area contributed by atoms with Crippen molar-refractivity contribution in [2.24, 2.45) is 5.14 Å². The van der Waals surface area contributed by atoms with Gasteiger partial charge in [-0.3, -0.25) is 0 Å². The number of hydrogen-bond acceptors (Lipinski definition) is 5. The monoisotopic (exact) mass is 337 g/mol. The fourth-order valence-corrected chi connectivity index (χ4v) is 2.95. The van der Waals surface area contributed by atoms with Crippen LogP contribution in [0.2, 0.25) is 5.02 Å². The molecule has 0 unspecified atom stereocenters. The molecule has 0 spiro atoms. The molecule has 0 saturated carbocycles. The molecule has 0 amide bonds. The van der Waals surface area contributed by atoms with Crippen LogP contribution in [0.5, 0.6) is 0 Å². The number of H-pyrrole nitrogens is 1. The molecule has 0 aliphatic rings. The first kappa shape index (κ1) is 12.4. The summed E-state index contributed by atoms with van der Waals surface area (Å²) >= 11 is 9.02. The fraction of sp³-hybridized carbons (Fsp3) is 0. The summed E-state index contributed by atoms with van der Waals surface area (Å²) in [5.74, 6) is 0.235. The number of primary sulfonamides is 1. The number of nitrogens with two attached hydrogens (primary N) is 1. The molecule has 2 rings (SSSR count). The van der Waals surface area contributed by atoms with Crippen LogP contribution in [0.1, 0.15) is 0 Å². The summed E-state index contributed by atoms with van der Waals surface area (Å²) in [4.78, 5) is -0.192. The van der Waals surface area contributed by atoms with E-state index in [4.69, 9.17) is 16.7 Å². The van der Waals surface area contributed by atoms with Gasteiger partial charge in [0, 0.05) is 10.0 Å². The fourth-order valence-electron chi connectivity index (χ4n) is 1.19. The van der Waals surface area contributed by atoms with Crippen LogP contribution < -0.4 is 5.14 Å². The van der Waals surface area contributed by atoms with Gasteiger partial charge in [-0.2, -0.15) is 5.21 Å². The predicted molar refractivity (Wildman–Crippen MR) is 63.7 cm³/mol. The first-order chi connectivity index (χ1) is 7.89. The largest absolute Gasteiger partial charge is 0.239 e. The minimum atomic E-state index is -3.90. The zero-order valence-electron chi connectivity index (χ0n) is 8.05. The summed E-state index contributed by atoms with van der Waals surface area (Å²) in [5, 5.41) is 18.2. The van der Waals surface area contributed by atoms with Gasteiger partial charge in [0.2, 0.25) is 15.8 Å². The second kappa shape index (κ2) is 4.33. The molecule has 0 bridgehead atoms. The van der Waals surface area contributed by atoms with Gasteiger partial charge in [-0.15, -0.1) is 10.2 Å². The normalized spacial score (nSPS) is 11.7. The molecule has 0 atom stereocenters. The molecule has 0 radical (unpaired) electrons. The zero-order chi connectivity index (χ0) is 12.6. The summed E-state index contributed by atoms with van der Waals surface area (Å²) in [6.45, 7) is 0. The lowest BCUT2D eigenvalue weighted by Gasteiger charge is -2.05. The Kier molecular flexibility index (Phi) is 3.17. The number of hydrogen-bond donors (Lipinski definition) is 2. The molecule has 0 aliphatic carbocycles. The van der Waals surface area contributed by atoms with Crippen LogP contribution >= 0.6 is 27.5 Å². The van der Waals surface area contributed by atoms with Crippen molar-refractivity contribution in [2.75, 3.05) is 0 Å². The lowest BCUT2D eigenvalue weighted by molar-refractivity contribution is 0.598. The second-order valence-corrected chi connectivity index (χ2v) is 5.83. The van der Waals surface area contributed by atoms with Crippen LogP contribution in [0, 0.1) is 0 Å². The van der Waals surface area contributed by atoms with E-state index in [0.717, 1.165) is 0 Å². The lowest BCUT2D eigenvalue weighted by Crippen LogP contribution is -2.13. The van der Waals surface area contributed by atoms with Gasteiger partial charge in [0.25, 0.3) is 0 Å². The molecule has 0 aliphatic heterocycles. The predicted octanol–water partition coefficient (Wildman–Crippen LogP) is 0.930. The highest BCUT2D eigenvalue weighted by Gasteiger charge is 2.18. The summed E-state index contributed by atoms with van der Waals surface area (Å²) in [6.07, 6.45) is 0. The molecule has 0 saturated heterocycles. The Hall–Kier alpha value is -1.03. The average molecular weight is 339 g/mol. The van der Waals surface area contributed by atoms with Crippen LogP contribution in [0.3, 0.4) is 0 Å². The van der Waals surface area contributed by atoms with E-state index < -0.39 is 10.0 Å². The van der Waals surface area contributed by atoms with E-state index in [-0.39, 0.29) is 15.7 Å². The second-order valence-electron chi connectivity index (χ2n) is 3.04. The molecular weight excluding hydrogens is 334 g/mol. The maximum Gasteiger partial charge on any atom is 0.239 e. The van der Waals surface area contributed by atoms with Crippen LogP contribution in [0.25, 0.3) is 11.4 Å². The van der Waals surface area contributed by atoms with Crippen molar-refractivity contribution >= 4 is 37.6 Å². The van der Waals surface area contributed by atoms with Crippen molar-refractivity contribution in [3.63, 3.8) is 0 Å². The van der Waals surface area contributed by atoms with E-state index in [9.17, 15) is 8.42 Å². The van der Waals surface area contributed by atoms with Crippen molar-refractivity contribution in [1.29, 1.82) is 0 Å². The molecule has 0 fully saturated rings. The standard InChI is InChI=1S/C7H5BrClN5O2S/c8-4-2-5(9)6(17(10,15)16)1-3(4)7-11-13-14-12-7/h1-2H,(H2,10,15,16)(H,11,12,13,14). The van der Waals surface area contributed by atoms with Gasteiger partial charge in [-0.05, 0) is 33.3 Å². The van der Waals surface area contributed by atoms with Gasteiger partial charge in [-0.1, -0.05) is 11.6 Å². The van der Waals surface area contributed by atoms with Crippen molar-refractivity contribution in [2.45, 2.75) is 4.90 Å². The van der Waals surface area contributed by atoms with Crippen LogP contribution in [0.15, 0.2) is 21.5 Å². The van der Waals surface area contributed by atoms with E-state index in [1.807, 2.05) is 0 Å². The Labute approximate surface area is 110 Å². The number of rotatable bonds is 2. The summed E-state index contributed by atoms with van der Waals surface area (Å²) in [6, 6.07) is 2.69. The Morgan fingerprint density at radius 3 is 2.65 bits per heavy atom. The number of nitrogens with zero attached hydrogens (tertiary/aromatic N) is 3. The third-order valence-electron chi connectivity index (χ3n) is 1.91. The van der Waals surface area contributed by atoms with E-state index >= 15 is 0 Å². The molecule has 7 nitrogen and oxygen atoms in total. The van der Waals surface area contributed by atoms with E-state index in [1.54, 1.807) is 0 Å². The van der Waals surface area contributed by atoms with Crippen LogP contribution in [-0.4, -0.2) is 29.0 Å². The molecule has 1 aromatic carbocycles. The van der Waals surface area contributed by atoms with Crippen molar-refractivity contribution in [3.05, 3.63) is 21.6 Å². The average Bonchev–Trinajstić information content (AvgIpc) is 2.68. The van der Waals surface area contributed by atoms with E-state index in [1.165, 1.54) is 12.1 Å². The Morgan fingerprint density at radius 2 is 2.12 bits per heavy atom. The molecule has 2 aromatic rings. The summed E-state index contributed by atoms with van der Waals surface area (Å²) in [7, 11) is -3.90.